The molecule has 6 heteroatoms. The van der Waals surface area contributed by atoms with E-state index in [2.05, 4.69) is 34.0 Å². The molecule has 0 spiro atoms. The molecule has 1 aromatic heterocycles. The van der Waals surface area contributed by atoms with Crippen LogP contribution in [0.3, 0.4) is 0 Å². The summed E-state index contributed by atoms with van der Waals surface area (Å²) < 4.78 is 0. The Kier molecular flexibility index (Phi) is 4.81. The molecule has 0 unspecified atom stereocenters. The minimum absolute atomic E-state index is 0.0383. The van der Waals surface area contributed by atoms with Gasteiger partial charge in [-0.1, -0.05) is 25.4 Å². The van der Waals surface area contributed by atoms with E-state index in [1.807, 2.05) is 0 Å². The number of aromatic nitrogens is 2. The van der Waals surface area contributed by atoms with Gasteiger partial charge in [0.05, 0.1) is 0 Å². The number of hydrogen-bond donors (Lipinski definition) is 1. The average molecular weight is 297 g/mol. The topological polar surface area (TPSA) is 58.1 Å². The maximum Gasteiger partial charge on any atom is 0.217 e. The predicted octanol–water partition coefficient (Wildman–Crippen LogP) is 2.36. The number of rotatable bonds is 3. The predicted molar refractivity (Wildman–Crippen MR) is 80.2 cm³/mol. The van der Waals surface area contributed by atoms with Crippen LogP contribution < -0.4 is 10.2 Å². The van der Waals surface area contributed by atoms with E-state index in [4.69, 9.17) is 11.6 Å². The monoisotopic (exact) mass is 296 g/mol. The fourth-order valence-electron chi connectivity index (χ4n) is 2.64. The van der Waals surface area contributed by atoms with Crippen molar-refractivity contribution >= 4 is 23.3 Å². The molecular formula is C14H21ClN4O. The summed E-state index contributed by atoms with van der Waals surface area (Å²) in [6.45, 7) is 7.50. The molecule has 0 saturated carbocycles. The lowest BCUT2D eigenvalue weighted by Crippen LogP contribution is -2.44. The van der Waals surface area contributed by atoms with Crippen LogP contribution in [-0.2, 0) is 4.79 Å². The Morgan fingerprint density at radius 3 is 2.60 bits per heavy atom. The molecule has 2 heterocycles. The molecule has 1 amide bonds. The second-order valence-corrected chi connectivity index (χ2v) is 5.88. The number of carbonyl (C=O) groups is 1. The molecule has 1 fully saturated rings. The van der Waals surface area contributed by atoms with Crippen molar-refractivity contribution in [3.63, 3.8) is 0 Å². The molecule has 20 heavy (non-hydrogen) atoms. The van der Waals surface area contributed by atoms with Crippen molar-refractivity contribution in [3.05, 3.63) is 17.0 Å². The van der Waals surface area contributed by atoms with E-state index in [1.54, 1.807) is 6.92 Å². The van der Waals surface area contributed by atoms with Gasteiger partial charge in [0.1, 0.15) is 17.3 Å². The summed E-state index contributed by atoms with van der Waals surface area (Å²) in [7, 11) is 0. The van der Waals surface area contributed by atoms with E-state index >= 15 is 0 Å². The lowest BCUT2D eigenvalue weighted by Gasteiger charge is -2.34. The molecule has 0 aromatic carbocycles. The SMILES string of the molecule is CC(=O)NC1CCN(c2ncnc(Cl)c2C(C)C)CC1. The first kappa shape index (κ1) is 15.0. The van der Waals surface area contributed by atoms with Crippen LogP contribution in [0.25, 0.3) is 0 Å². The zero-order chi connectivity index (χ0) is 14.7. The minimum Gasteiger partial charge on any atom is -0.356 e. The number of nitrogens with one attached hydrogen (secondary N) is 1. The van der Waals surface area contributed by atoms with Gasteiger partial charge < -0.3 is 10.2 Å². The van der Waals surface area contributed by atoms with Crippen molar-refractivity contribution in [3.8, 4) is 0 Å². The Labute approximate surface area is 124 Å². The maximum absolute atomic E-state index is 11.1. The van der Waals surface area contributed by atoms with Crippen molar-refractivity contribution in [2.24, 2.45) is 0 Å². The summed E-state index contributed by atoms with van der Waals surface area (Å²) in [6, 6.07) is 0.267. The zero-order valence-corrected chi connectivity index (χ0v) is 12.9. The van der Waals surface area contributed by atoms with E-state index < -0.39 is 0 Å². The molecule has 1 saturated heterocycles. The molecule has 5 nitrogen and oxygen atoms in total. The average Bonchev–Trinajstić information content (AvgIpc) is 2.38. The number of nitrogens with zero attached hydrogens (tertiary/aromatic N) is 3. The van der Waals surface area contributed by atoms with Crippen LogP contribution in [0.1, 0.15) is 45.1 Å². The van der Waals surface area contributed by atoms with Crippen LogP contribution in [0.5, 0.6) is 0 Å². The first-order chi connectivity index (χ1) is 9.49. The van der Waals surface area contributed by atoms with Gasteiger partial charge in [-0.2, -0.15) is 0 Å². The fraction of sp³-hybridized carbons (Fsp3) is 0.643. The zero-order valence-electron chi connectivity index (χ0n) is 12.2. The number of halogens is 1. The molecule has 110 valence electrons. The van der Waals surface area contributed by atoms with Gasteiger partial charge in [-0.3, -0.25) is 4.79 Å². The standard InChI is InChI=1S/C14H21ClN4O/c1-9(2)12-13(15)16-8-17-14(12)19-6-4-11(5-7-19)18-10(3)20/h8-9,11H,4-7H2,1-3H3,(H,18,20). The molecule has 1 aliphatic rings. The largest absolute Gasteiger partial charge is 0.356 e. The van der Waals surface area contributed by atoms with E-state index in [1.165, 1.54) is 6.33 Å². The minimum atomic E-state index is 0.0383. The van der Waals surface area contributed by atoms with Crippen LogP contribution in [0.4, 0.5) is 5.82 Å². The number of anilines is 1. The Hall–Kier alpha value is -1.36. The van der Waals surface area contributed by atoms with Crippen LogP contribution in [0, 0.1) is 0 Å². The quantitative estimate of drug-likeness (QED) is 0.870. The van der Waals surface area contributed by atoms with Crippen molar-refractivity contribution in [1.82, 2.24) is 15.3 Å². The fourth-order valence-corrected chi connectivity index (χ4v) is 2.98. The highest BCUT2D eigenvalue weighted by Gasteiger charge is 2.24. The Bertz CT molecular complexity index is 484. The van der Waals surface area contributed by atoms with Gasteiger partial charge in [-0.05, 0) is 18.8 Å². The van der Waals surface area contributed by atoms with E-state index in [0.717, 1.165) is 37.3 Å². The third-order valence-electron chi connectivity index (χ3n) is 3.59. The van der Waals surface area contributed by atoms with E-state index in [0.29, 0.717) is 5.15 Å². The van der Waals surface area contributed by atoms with Crippen LogP contribution in [-0.4, -0.2) is 35.0 Å². The van der Waals surface area contributed by atoms with E-state index in [9.17, 15) is 4.79 Å². The molecule has 0 aliphatic carbocycles. The highest BCUT2D eigenvalue weighted by molar-refractivity contribution is 6.30. The lowest BCUT2D eigenvalue weighted by molar-refractivity contribution is -0.119. The third kappa shape index (κ3) is 3.39. The maximum atomic E-state index is 11.1. The van der Waals surface area contributed by atoms with Gasteiger partial charge in [0.15, 0.2) is 0 Å². The number of amides is 1. The highest BCUT2D eigenvalue weighted by Crippen LogP contribution is 2.31. The Morgan fingerprint density at radius 1 is 1.40 bits per heavy atom. The van der Waals surface area contributed by atoms with Crippen molar-refractivity contribution < 1.29 is 4.79 Å². The summed E-state index contributed by atoms with van der Waals surface area (Å²) in [5, 5.41) is 3.51. The summed E-state index contributed by atoms with van der Waals surface area (Å²) in [6.07, 6.45) is 3.38. The van der Waals surface area contributed by atoms with Crippen LogP contribution in [0.15, 0.2) is 6.33 Å². The van der Waals surface area contributed by atoms with Gasteiger partial charge in [0.2, 0.25) is 5.91 Å². The van der Waals surface area contributed by atoms with Crippen molar-refractivity contribution in [2.75, 3.05) is 18.0 Å². The summed E-state index contributed by atoms with van der Waals surface area (Å²) in [5.74, 6) is 1.25. The summed E-state index contributed by atoms with van der Waals surface area (Å²) in [4.78, 5) is 21.8. The number of carbonyl (C=O) groups excluding carboxylic acids is 1. The van der Waals surface area contributed by atoms with Crippen LogP contribution >= 0.6 is 11.6 Å². The Balaban J connectivity index is 2.11. The molecule has 0 radical (unpaired) electrons. The highest BCUT2D eigenvalue weighted by atomic mass is 35.5. The van der Waals surface area contributed by atoms with Gasteiger partial charge in [0.25, 0.3) is 0 Å². The second-order valence-electron chi connectivity index (χ2n) is 5.52. The number of hydrogen-bond acceptors (Lipinski definition) is 4. The molecule has 1 N–H and O–H groups in total. The van der Waals surface area contributed by atoms with Gasteiger partial charge in [-0.15, -0.1) is 0 Å². The van der Waals surface area contributed by atoms with Crippen molar-refractivity contribution in [1.29, 1.82) is 0 Å². The summed E-state index contributed by atoms with van der Waals surface area (Å²) in [5.41, 5.74) is 1.01. The molecule has 1 aromatic rings. The third-order valence-corrected chi connectivity index (χ3v) is 3.89. The molecular weight excluding hydrogens is 276 g/mol. The van der Waals surface area contributed by atoms with Gasteiger partial charge >= 0.3 is 0 Å². The first-order valence-corrected chi connectivity index (χ1v) is 7.39. The molecule has 0 bridgehead atoms. The van der Waals surface area contributed by atoms with Gasteiger partial charge in [-0.25, -0.2) is 9.97 Å². The van der Waals surface area contributed by atoms with Gasteiger partial charge in [0, 0.05) is 31.6 Å². The smallest absolute Gasteiger partial charge is 0.217 e. The molecule has 2 rings (SSSR count). The number of piperidine rings is 1. The first-order valence-electron chi connectivity index (χ1n) is 7.01. The normalized spacial score (nSPS) is 16.6. The second kappa shape index (κ2) is 6.39. The summed E-state index contributed by atoms with van der Waals surface area (Å²) >= 11 is 6.21. The Morgan fingerprint density at radius 2 is 2.05 bits per heavy atom. The van der Waals surface area contributed by atoms with Crippen molar-refractivity contribution in [2.45, 2.75) is 45.6 Å². The molecule has 1 aliphatic heterocycles. The van der Waals surface area contributed by atoms with Crippen LogP contribution in [0.2, 0.25) is 5.15 Å². The van der Waals surface area contributed by atoms with E-state index in [-0.39, 0.29) is 17.9 Å². The lowest BCUT2D eigenvalue weighted by atomic mass is 10.0. The molecule has 0 atom stereocenters.